The molecule has 0 unspecified atom stereocenters. The summed E-state index contributed by atoms with van der Waals surface area (Å²) >= 11 is 0. The maximum absolute atomic E-state index is 12.0. The van der Waals surface area contributed by atoms with Crippen LogP contribution in [-0.2, 0) is 4.74 Å². The SMILES string of the molecule is CCOC(=O)c1cnc(C)nc1NC1CCC(C)(C#N)CC1. The number of carbonyl (C=O) groups excluding carboxylic acids is 1. The molecular weight excluding hydrogens is 280 g/mol. The van der Waals surface area contributed by atoms with Gasteiger partial charge < -0.3 is 10.1 Å². The quantitative estimate of drug-likeness (QED) is 0.860. The molecule has 22 heavy (non-hydrogen) atoms. The normalized spacial score (nSPS) is 24.4. The summed E-state index contributed by atoms with van der Waals surface area (Å²) in [4.78, 5) is 20.4. The summed E-state index contributed by atoms with van der Waals surface area (Å²) in [5.41, 5.74) is 0.130. The number of carbonyl (C=O) groups is 1. The first-order chi connectivity index (χ1) is 10.5. The number of nitrogens with zero attached hydrogens (tertiary/aromatic N) is 3. The van der Waals surface area contributed by atoms with Gasteiger partial charge in [-0.1, -0.05) is 0 Å². The minimum atomic E-state index is -0.414. The molecule has 0 aromatic carbocycles. The molecule has 0 atom stereocenters. The molecule has 0 saturated heterocycles. The average molecular weight is 302 g/mol. The Morgan fingerprint density at radius 1 is 1.55 bits per heavy atom. The zero-order valence-electron chi connectivity index (χ0n) is 13.3. The van der Waals surface area contributed by atoms with Gasteiger partial charge in [-0.2, -0.15) is 5.26 Å². The van der Waals surface area contributed by atoms with Gasteiger partial charge in [0.15, 0.2) is 0 Å². The number of esters is 1. The van der Waals surface area contributed by atoms with Crippen LogP contribution in [0.5, 0.6) is 0 Å². The highest BCUT2D eigenvalue weighted by atomic mass is 16.5. The minimum absolute atomic E-state index is 0.212. The van der Waals surface area contributed by atoms with Gasteiger partial charge in [0.25, 0.3) is 0 Å². The molecule has 118 valence electrons. The average Bonchev–Trinajstić information content (AvgIpc) is 2.50. The molecule has 0 amide bonds. The van der Waals surface area contributed by atoms with E-state index in [0.29, 0.717) is 23.8 Å². The van der Waals surface area contributed by atoms with Crippen molar-refractivity contribution in [3.05, 3.63) is 17.6 Å². The van der Waals surface area contributed by atoms with E-state index in [1.165, 1.54) is 6.20 Å². The lowest BCUT2D eigenvalue weighted by Crippen LogP contribution is -2.31. The predicted octanol–water partition coefficient (Wildman–Crippen LogP) is 2.85. The van der Waals surface area contributed by atoms with E-state index in [1.807, 2.05) is 6.92 Å². The third-order valence-corrected chi connectivity index (χ3v) is 4.10. The molecule has 2 rings (SSSR count). The first-order valence-corrected chi connectivity index (χ1v) is 7.66. The number of nitriles is 1. The highest BCUT2D eigenvalue weighted by Gasteiger charge is 2.31. The maximum Gasteiger partial charge on any atom is 0.343 e. The highest BCUT2D eigenvalue weighted by molar-refractivity contribution is 5.94. The lowest BCUT2D eigenvalue weighted by atomic mass is 9.75. The third-order valence-electron chi connectivity index (χ3n) is 4.10. The molecule has 1 fully saturated rings. The van der Waals surface area contributed by atoms with Crippen molar-refractivity contribution in [1.29, 1.82) is 5.26 Å². The summed E-state index contributed by atoms with van der Waals surface area (Å²) in [5.74, 6) is 0.715. The number of hydrogen-bond donors (Lipinski definition) is 1. The molecule has 0 spiro atoms. The largest absolute Gasteiger partial charge is 0.462 e. The van der Waals surface area contributed by atoms with Crippen LogP contribution >= 0.6 is 0 Å². The van der Waals surface area contributed by atoms with E-state index < -0.39 is 5.97 Å². The van der Waals surface area contributed by atoms with Crippen molar-refractivity contribution in [1.82, 2.24) is 9.97 Å². The molecule has 1 aromatic rings. The van der Waals surface area contributed by atoms with Gasteiger partial charge in [0.1, 0.15) is 17.2 Å². The fourth-order valence-electron chi connectivity index (χ4n) is 2.64. The van der Waals surface area contributed by atoms with E-state index in [0.717, 1.165) is 25.7 Å². The van der Waals surface area contributed by atoms with Gasteiger partial charge in [-0.25, -0.2) is 14.8 Å². The zero-order chi connectivity index (χ0) is 16.2. The zero-order valence-corrected chi connectivity index (χ0v) is 13.3. The van der Waals surface area contributed by atoms with Gasteiger partial charge in [-0.05, 0) is 46.5 Å². The van der Waals surface area contributed by atoms with Crippen LogP contribution in [-0.4, -0.2) is 28.6 Å². The van der Waals surface area contributed by atoms with Crippen LogP contribution in [0.15, 0.2) is 6.20 Å². The molecule has 1 aliphatic rings. The van der Waals surface area contributed by atoms with Gasteiger partial charge in [-0.3, -0.25) is 0 Å². The summed E-state index contributed by atoms with van der Waals surface area (Å²) in [6.07, 6.45) is 4.97. The summed E-state index contributed by atoms with van der Waals surface area (Å²) in [7, 11) is 0. The van der Waals surface area contributed by atoms with E-state index in [2.05, 4.69) is 21.4 Å². The van der Waals surface area contributed by atoms with Crippen molar-refractivity contribution in [3.63, 3.8) is 0 Å². The first kappa shape index (κ1) is 16.2. The number of hydrogen-bond acceptors (Lipinski definition) is 6. The Labute approximate surface area is 130 Å². The second kappa shape index (κ2) is 6.73. The number of nitrogens with one attached hydrogen (secondary N) is 1. The second-order valence-corrected chi connectivity index (χ2v) is 5.99. The molecule has 1 heterocycles. The van der Waals surface area contributed by atoms with Crippen molar-refractivity contribution < 1.29 is 9.53 Å². The monoisotopic (exact) mass is 302 g/mol. The van der Waals surface area contributed by atoms with Crippen LogP contribution < -0.4 is 5.32 Å². The lowest BCUT2D eigenvalue weighted by Gasteiger charge is -2.32. The number of aromatic nitrogens is 2. The Bertz CT molecular complexity index is 586. The minimum Gasteiger partial charge on any atom is -0.462 e. The molecular formula is C16H22N4O2. The smallest absolute Gasteiger partial charge is 0.343 e. The summed E-state index contributed by atoms with van der Waals surface area (Å²) in [6, 6.07) is 2.60. The molecule has 0 radical (unpaired) electrons. The molecule has 0 aliphatic heterocycles. The van der Waals surface area contributed by atoms with E-state index in [-0.39, 0.29) is 11.5 Å². The molecule has 1 aliphatic carbocycles. The Kier molecular flexibility index (Phi) is 4.96. The fourth-order valence-corrected chi connectivity index (χ4v) is 2.64. The molecule has 1 aromatic heterocycles. The van der Waals surface area contributed by atoms with Gasteiger partial charge in [0.05, 0.1) is 18.1 Å². The van der Waals surface area contributed by atoms with E-state index in [1.54, 1.807) is 13.8 Å². The van der Waals surface area contributed by atoms with Crippen LogP contribution in [0.1, 0.15) is 55.7 Å². The molecule has 1 N–H and O–H groups in total. The van der Waals surface area contributed by atoms with Crippen LogP contribution in [0.2, 0.25) is 0 Å². The van der Waals surface area contributed by atoms with Crippen molar-refractivity contribution in [2.24, 2.45) is 5.41 Å². The number of rotatable bonds is 4. The molecule has 6 nitrogen and oxygen atoms in total. The van der Waals surface area contributed by atoms with Crippen LogP contribution in [0.4, 0.5) is 5.82 Å². The number of ether oxygens (including phenoxy) is 1. The first-order valence-electron chi connectivity index (χ1n) is 7.66. The van der Waals surface area contributed by atoms with Crippen molar-refractivity contribution in [2.75, 3.05) is 11.9 Å². The van der Waals surface area contributed by atoms with Crippen LogP contribution in [0.3, 0.4) is 0 Å². The third kappa shape index (κ3) is 3.73. The Morgan fingerprint density at radius 2 is 2.23 bits per heavy atom. The molecule has 1 saturated carbocycles. The van der Waals surface area contributed by atoms with Crippen molar-refractivity contribution in [3.8, 4) is 6.07 Å². The van der Waals surface area contributed by atoms with Gasteiger partial charge in [0.2, 0.25) is 0 Å². The van der Waals surface area contributed by atoms with Crippen LogP contribution in [0, 0.1) is 23.7 Å². The highest BCUT2D eigenvalue weighted by Crippen LogP contribution is 2.36. The van der Waals surface area contributed by atoms with Gasteiger partial charge >= 0.3 is 5.97 Å². The van der Waals surface area contributed by atoms with E-state index in [4.69, 9.17) is 4.74 Å². The fraction of sp³-hybridized carbons (Fsp3) is 0.625. The predicted molar refractivity (Wildman–Crippen MR) is 82.3 cm³/mol. The van der Waals surface area contributed by atoms with E-state index >= 15 is 0 Å². The van der Waals surface area contributed by atoms with Crippen LogP contribution in [0.25, 0.3) is 0 Å². The number of anilines is 1. The van der Waals surface area contributed by atoms with Crippen molar-refractivity contribution in [2.45, 2.75) is 52.5 Å². The molecule has 6 heteroatoms. The Hall–Kier alpha value is -2.16. The van der Waals surface area contributed by atoms with E-state index in [9.17, 15) is 10.1 Å². The lowest BCUT2D eigenvalue weighted by molar-refractivity contribution is 0.0526. The molecule has 0 bridgehead atoms. The summed E-state index contributed by atoms with van der Waals surface area (Å²) in [5, 5.41) is 12.5. The Morgan fingerprint density at radius 3 is 2.82 bits per heavy atom. The Balaban J connectivity index is 2.11. The summed E-state index contributed by atoms with van der Waals surface area (Å²) in [6.45, 7) is 5.87. The second-order valence-electron chi connectivity index (χ2n) is 5.99. The summed E-state index contributed by atoms with van der Waals surface area (Å²) < 4.78 is 5.05. The van der Waals surface area contributed by atoms with Gasteiger partial charge in [-0.15, -0.1) is 0 Å². The maximum atomic E-state index is 12.0. The number of aryl methyl sites for hydroxylation is 1. The topological polar surface area (TPSA) is 87.9 Å². The van der Waals surface area contributed by atoms with Crippen molar-refractivity contribution >= 4 is 11.8 Å². The standard InChI is InChI=1S/C16H22N4O2/c1-4-22-15(21)13-9-18-11(2)19-14(13)20-12-5-7-16(3,10-17)8-6-12/h9,12H,4-8H2,1-3H3,(H,18,19,20). The van der Waals surface area contributed by atoms with Gasteiger partial charge in [0, 0.05) is 12.2 Å².